The summed E-state index contributed by atoms with van der Waals surface area (Å²) in [5.41, 5.74) is 1.86. The number of urea groups is 1. The third-order valence-electron chi connectivity index (χ3n) is 5.24. The summed E-state index contributed by atoms with van der Waals surface area (Å²) >= 11 is 0.925. The van der Waals surface area contributed by atoms with Gasteiger partial charge in [-0.1, -0.05) is 61.2 Å². The van der Waals surface area contributed by atoms with E-state index in [0.717, 1.165) is 16.4 Å². The Kier molecular flexibility index (Phi) is 6.01. The van der Waals surface area contributed by atoms with Crippen LogP contribution in [0.4, 0.5) is 9.18 Å². The number of thioether (sulfide) groups is 1. The van der Waals surface area contributed by atoms with Gasteiger partial charge in [0, 0.05) is 0 Å². The number of nitrogens with zero attached hydrogens (tertiary/aromatic N) is 4. The number of nitrogens with one attached hydrogen (secondary N) is 2. The highest BCUT2D eigenvalue weighted by Crippen LogP contribution is 2.31. The molecule has 0 bridgehead atoms. The van der Waals surface area contributed by atoms with Crippen LogP contribution in [0.3, 0.4) is 0 Å². The Morgan fingerprint density at radius 1 is 1.15 bits per heavy atom. The van der Waals surface area contributed by atoms with Crippen molar-refractivity contribution < 1.29 is 18.8 Å². The molecule has 0 radical (unpaired) electrons. The molecule has 4 rings (SSSR count). The lowest BCUT2D eigenvalue weighted by molar-refractivity contribution is -0.138. The molecule has 170 valence electrons. The number of carbonyl (C=O) groups is 3. The van der Waals surface area contributed by atoms with Gasteiger partial charge in [0.1, 0.15) is 11.4 Å². The first-order valence-electron chi connectivity index (χ1n) is 9.97. The minimum Gasteiger partial charge on any atom is -0.335 e. The van der Waals surface area contributed by atoms with Crippen molar-refractivity contribution in [3.63, 3.8) is 0 Å². The second kappa shape index (κ2) is 8.90. The van der Waals surface area contributed by atoms with Gasteiger partial charge in [-0.3, -0.25) is 15.0 Å². The van der Waals surface area contributed by atoms with E-state index >= 15 is 0 Å². The van der Waals surface area contributed by atoms with Gasteiger partial charge in [-0.15, -0.1) is 10.2 Å². The zero-order chi connectivity index (χ0) is 23.6. The normalized spacial score (nSPS) is 17.8. The quantitative estimate of drug-likeness (QED) is 0.273. The van der Waals surface area contributed by atoms with Gasteiger partial charge < -0.3 is 11.2 Å². The van der Waals surface area contributed by atoms with Crippen LogP contribution in [0, 0.1) is 5.82 Å². The first kappa shape index (κ1) is 22.3. The number of carbonyl (C=O) groups excluding carboxylic acids is 3. The molecule has 1 aliphatic heterocycles. The minimum atomic E-state index is -1.26. The molecule has 4 N–H and O–H groups in total. The van der Waals surface area contributed by atoms with Gasteiger partial charge in [-0.25, -0.2) is 13.9 Å². The van der Waals surface area contributed by atoms with Crippen molar-refractivity contribution in [2.24, 2.45) is 0 Å². The average Bonchev–Trinajstić information content (AvgIpc) is 3.31. The summed E-state index contributed by atoms with van der Waals surface area (Å²) in [6.45, 7) is 1.77. The number of imide groups is 1. The van der Waals surface area contributed by atoms with Crippen LogP contribution >= 0.6 is 11.8 Å². The van der Waals surface area contributed by atoms with E-state index in [-0.39, 0.29) is 22.3 Å². The van der Waals surface area contributed by atoms with E-state index in [9.17, 15) is 18.8 Å². The molecule has 10 nitrogen and oxygen atoms in total. The maximum atomic E-state index is 14.0. The van der Waals surface area contributed by atoms with Crippen LogP contribution in [0.15, 0.2) is 59.8 Å². The van der Waals surface area contributed by atoms with E-state index in [1.54, 1.807) is 43.3 Å². The van der Waals surface area contributed by atoms with Gasteiger partial charge in [-0.2, -0.15) is 5.01 Å². The van der Waals surface area contributed by atoms with Gasteiger partial charge in [0.05, 0.1) is 11.3 Å². The van der Waals surface area contributed by atoms with Crippen molar-refractivity contribution in [2.45, 2.75) is 24.0 Å². The van der Waals surface area contributed by atoms with Crippen LogP contribution in [0.2, 0.25) is 0 Å². The molecular formula is C21H20FN7O3S. The molecule has 3 aromatic rings. The van der Waals surface area contributed by atoms with Crippen LogP contribution in [0.1, 0.15) is 18.9 Å². The van der Waals surface area contributed by atoms with Crippen molar-refractivity contribution in [1.29, 1.82) is 0 Å². The molecule has 2 heterocycles. The molecule has 1 fully saturated rings. The lowest BCUT2D eigenvalue weighted by atomic mass is 9.87. The number of nitrogen functional groups attached to an aromatic ring is 1. The average molecular weight is 470 g/mol. The number of benzene rings is 2. The van der Waals surface area contributed by atoms with Gasteiger partial charge >= 0.3 is 6.03 Å². The summed E-state index contributed by atoms with van der Waals surface area (Å²) < 4.78 is 15.1. The Balaban J connectivity index is 1.43. The molecule has 1 unspecified atom stereocenters. The van der Waals surface area contributed by atoms with Gasteiger partial charge in [0.2, 0.25) is 11.1 Å². The number of rotatable bonds is 7. The number of hydrazine groups is 1. The molecule has 1 atom stereocenters. The molecule has 0 aliphatic carbocycles. The number of halogens is 1. The summed E-state index contributed by atoms with van der Waals surface area (Å²) in [7, 11) is 0. The number of hydrogen-bond donors (Lipinski definition) is 3. The van der Waals surface area contributed by atoms with E-state index in [1.165, 1.54) is 18.2 Å². The zero-order valence-corrected chi connectivity index (χ0v) is 18.3. The highest BCUT2D eigenvalue weighted by Gasteiger charge is 2.52. The largest absolute Gasteiger partial charge is 0.344 e. The molecular weight excluding hydrogens is 449 g/mol. The molecule has 4 amide bonds. The van der Waals surface area contributed by atoms with E-state index in [2.05, 4.69) is 20.9 Å². The van der Waals surface area contributed by atoms with E-state index in [4.69, 9.17) is 5.84 Å². The van der Waals surface area contributed by atoms with Gasteiger partial charge in [0.15, 0.2) is 5.82 Å². The van der Waals surface area contributed by atoms with E-state index in [0.29, 0.717) is 17.0 Å². The summed E-state index contributed by atoms with van der Waals surface area (Å²) in [4.78, 5) is 38.0. The Hall–Kier alpha value is -3.93. The highest BCUT2D eigenvalue weighted by atomic mass is 32.2. The van der Waals surface area contributed by atoms with Crippen molar-refractivity contribution in [1.82, 2.24) is 30.6 Å². The van der Waals surface area contributed by atoms with E-state index in [1.807, 2.05) is 0 Å². The first-order chi connectivity index (χ1) is 15.9. The first-order valence-corrected chi connectivity index (χ1v) is 11.0. The monoisotopic (exact) mass is 469 g/mol. The summed E-state index contributed by atoms with van der Waals surface area (Å²) in [6, 6.07) is 14.0. The standard InChI is InChI=1S/C21H20FN7O3S/c1-2-21(13-8-4-3-5-9-13)18(31)29(19(32)24-21)27-16(30)12-33-20-26-25-17(28(20)23)14-10-6-7-11-15(14)22/h3-11H,2,12,23H2,1H3,(H,24,32)(H,27,30). The predicted octanol–water partition coefficient (Wildman–Crippen LogP) is 1.78. The molecule has 0 saturated carbocycles. The van der Waals surface area contributed by atoms with Gasteiger partial charge in [0.25, 0.3) is 5.91 Å². The minimum absolute atomic E-state index is 0.0979. The Labute approximate surface area is 192 Å². The highest BCUT2D eigenvalue weighted by molar-refractivity contribution is 7.99. The topological polar surface area (TPSA) is 135 Å². The molecule has 1 aliphatic rings. The van der Waals surface area contributed by atoms with E-state index < -0.39 is 29.2 Å². The predicted molar refractivity (Wildman–Crippen MR) is 118 cm³/mol. The lowest BCUT2D eigenvalue weighted by Gasteiger charge is -2.25. The number of nitrogens with two attached hydrogens (primary N) is 1. The Bertz CT molecular complexity index is 1220. The molecule has 12 heteroatoms. The van der Waals surface area contributed by atoms with Crippen LogP contribution in [0.5, 0.6) is 0 Å². The molecule has 1 saturated heterocycles. The molecule has 0 spiro atoms. The molecule has 33 heavy (non-hydrogen) atoms. The van der Waals surface area contributed by atoms with Crippen molar-refractivity contribution >= 4 is 29.6 Å². The number of aromatic nitrogens is 3. The lowest BCUT2D eigenvalue weighted by Crippen LogP contribution is -2.49. The maximum Gasteiger partial charge on any atom is 0.344 e. The smallest absolute Gasteiger partial charge is 0.335 e. The SMILES string of the molecule is CCC1(c2ccccc2)NC(=O)N(NC(=O)CSc2nnc(-c3ccccc3F)n2N)C1=O. The zero-order valence-electron chi connectivity index (χ0n) is 17.5. The van der Waals surface area contributed by atoms with Crippen LogP contribution < -0.4 is 16.6 Å². The second-order valence-electron chi connectivity index (χ2n) is 7.18. The number of hydrogen-bond acceptors (Lipinski definition) is 7. The molecule has 1 aromatic heterocycles. The fourth-order valence-electron chi connectivity index (χ4n) is 3.53. The second-order valence-corrected chi connectivity index (χ2v) is 8.12. The summed E-state index contributed by atoms with van der Waals surface area (Å²) in [6.07, 6.45) is 0.303. The van der Waals surface area contributed by atoms with Crippen molar-refractivity contribution in [3.05, 3.63) is 66.0 Å². The van der Waals surface area contributed by atoms with Crippen LogP contribution in [-0.4, -0.2) is 43.5 Å². The van der Waals surface area contributed by atoms with Crippen LogP contribution in [-0.2, 0) is 15.1 Å². The Morgan fingerprint density at radius 3 is 2.55 bits per heavy atom. The fraction of sp³-hybridized carbons (Fsp3) is 0.190. The van der Waals surface area contributed by atoms with Crippen molar-refractivity contribution in [2.75, 3.05) is 11.6 Å². The third kappa shape index (κ3) is 4.00. The molecule has 2 aromatic carbocycles. The summed E-state index contributed by atoms with van der Waals surface area (Å²) in [5.74, 6) is 4.13. The third-order valence-corrected chi connectivity index (χ3v) is 6.18. The Morgan fingerprint density at radius 2 is 1.85 bits per heavy atom. The van der Waals surface area contributed by atoms with Gasteiger partial charge in [-0.05, 0) is 24.1 Å². The fourth-order valence-corrected chi connectivity index (χ4v) is 4.18. The van der Waals surface area contributed by atoms with Crippen molar-refractivity contribution in [3.8, 4) is 11.4 Å². The number of amides is 4. The maximum absolute atomic E-state index is 14.0. The van der Waals surface area contributed by atoms with Crippen LogP contribution in [0.25, 0.3) is 11.4 Å². The summed E-state index contributed by atoms with van der Waals surface area (Å²) in [5, 5.41) is 11.3.